The van der Waals surface area contributed by atoms with Crippen molar-refractivity contribution in [1.29, 1.82) is 0 Å². The molecule has 0 heterocycles. The second-order valence-electron chi connectivity index (χ2n) is 5.77. The van der Waals surface area contributed by atoms with Crippen LogP contribution < -0.4 is 14.8 Å². The molecule has 0 bridgehead atoms. The van der Waals surface area contributed by atoms with Crippen molar-refractivity contribution in [3.05, 3.63) is 53.1 Å². The van der Waals surface area contributed by atoms with Crippen LogP contribution in [0.1, 0.15) is 11.6 Å². The molecule has 0 saturated heterocycles. The van der Waals surface area contributed by atoms with Gasteiger partial charge in [-0.05, 0) is 5.56 Å². The lowest BCUT2D eigenvalue weighted by molar-refractivity contribution is -0.119. The average Bonchev–Trinajstić information content (AvgIpc) is 2.63. The molecule has 2 aromatic carbocycles. The number of benzene rings is 2. The molecular weight excluding hydrogens is 392 g/mol. The lowest BCUT2D eigenvalue weighted by Crippen LogP contribution is -2.38. The van der Waals surface area contributed by atoms with Crippen molar-refractivity contribution in [1.82, 2.24) is 4.31 Å². The van der Waals surface area contributed by atoms with Crippen LogP contribution in [0.3, 0.4) is 0 Å². The second-order valence-corrected chi connectivity index (χ2v) is 8.22. The van der Waals surface area contributed by atoms with Gasteiger partial charge in [0.25, 0.3) is 0 Å². The molecule has 0 spiro atoms. The van der Waals surface area contributed by atoms with Gasteiger partial charge in [0.2, 0.25) is 15.9 Å². The maximum absolute atomic E-state index is 13.0. The van der Waals surface area contributed by atoms with Crippen molar-refractivity contribution >= 4 is 33.2 Å². The Labute approximate surface area is 163 Å². The Hall–Kier alpha value is -2.29. The summed E-state index contributed by atoms with van der Waals surface area (Å²) in [7, 11) is 0.610. The molecular formula is C18H21ClN2O5S. The van der Waals surface area contributed by atoms with Crippen LogP contribution in [-0.4, -0.2) is 46.2 Å². The first-order chi connectivity index (χ1) is 12.7. The minimum Gasteiger partial charge on any atom is -0.495 e. The van der Waals surface area contributed by atoms with Crippen molar-refractivity contribution in [2.45, 2.75) is 6.04 Å². The fourth-order valence-corrected chi connectivity index (χ4v) is 3.34. The number of methoxy groups -OCH3 is 2. The minimum absolute atomic E-state index is 0.312. The van der Waals surface area contributed by atoms with Crippen molar-refractivity contribution < 1.29 is 22.7 Å². The molecule has 0 aliphatic carbocycles. The number of sulfonamides is 1. The first-order valence-electron chi connectivity index (χ1n) is 7.89. The lowest BCUT2D eigenvalue weighted by Gasteiger charge is -2.26. The summed E-state index contributed by atoms with van der Waals surface area (Å²) in [4.78, 5) is 13.0. The zero-order valence-electron chi connectivity index (χ0n) is 15.4. The van der Waals surface area contributed by atoms with Crippen LogP contribution >= 0.6 is 11.6 Å². The molecule has 0 aromatic heterocycles. The van der Waals surface area contributed by atoms with Crippen molar-refractivity contribution in [2.75, 3.05) is 32.8 Å². The highest BCUT2D eigenvalue weighted by atomic mass is 35.5. The second kappa shape index (κ2) is 8.60. The zero-order chi connectivity index (χ0) is 20.2. The van der Waals surface area contributed by atoms with Crippen LogP contribution in [0.15, 0.2) is 42.5 Å². The van der Waals surface area contributed by atoms with E-state index in [2.05, 4.69) is 5.32 Å². The van der Waals surface area contributed by atoms with Gasteiger partial charge in [0.1, 0.15) is 17.5 Å². The van der Waals surface area contributed by atoms with Crippen molar-refractivity contribution in [3.8, 4) is 11.5 Å². The van der Waals surface area contributed by atoms with Gasteiger partial charge in [0, 0.05) is 19.2 Å². The first kappa shape index (κ1) is 21.0. The molecule has 9 heteroatoms. The summed E-state index contributed by atoms with van der Waals surface area (Å²) in [5.41, 5.74) is 0.842. The van der Waals surface area contributed by atoms with Crippen molar-refractivity contribution in [3.63, 3.8) is 0 Å². The van der Waals surface area contributed by atoms with Gasteiger partial charge in [0.05, 0.1) is 31.2 Å². The molecule has 146 valence electrons. The van der Waals surface area contributed by atoms with Gasteiger partial charge in [-0.2, -0.15) is 4.31 Å². The molecule has 0 aliphatic heterocycles. The summed E-state index contributed by atoms with van der Waals surface area (Å²) in [6.07, 6.45) is 1.04. The van der Waals surface area contributed by atoms with Crippen LogP contribution in [0.2, 0.25) is 5.02 Å². The Morgan fingerprint density at radius 1 is 1.11 bits per heavy atom. The molecule has 0 aliphatic rings. The highest BCUT2D eigenvalue weighted by Crippen LogP contribution is 2.36. The third kappa shape index (κ3) is 4.91. The number of nitrogens with one attached hydrogen (secondary N) is 1. The predicted octanol–water partition coefficient (Wildman–Crippen LogP) is 2.93. The SMILES string of the molecule is COc1cc(NC(=O)[C@@H](c2ccccc2)N(C)S(C)(=O)=O)c(OC)cc1Cl. The third-order valence-electron chi connectivity index (χ3n) is 3.98. The van der Waals surface area contributed by atoms with E-state index in [0.717, 1.165) is 10.6 Å². The van der Waals surface area contributed by atoms with E-state index >= 15 is 0 Å². The zero-order valence-corrected chi connectivity index (χ0v) is 17.0. The van der Waals surface area contributed by atoms with E-state index in [-0.39, 0.29) is 0 Å². The molecule has 0 unspecified atom stereocenters. The summed E-state index contributed by atoms with van der Waals surface area (Å²) in [6.45, 7) is 0. The largest absolute Gasteiger partial charge is 0.495 e. The van der Waals surface area contributed by atoms with Crippen LogP contribution in [-0.2, 0) is 14.8 Å². The number of rotatable bonds is 7. The van der Waals surface area contributed by atoms with Crippen LogP contribution in [0.4, 0.5) is 5.69 Å². The number of hydrogen-bond donors (Lipinski definition) is 1. The van der Waals surface area contributed by atoms with Crippen LogP contribution in [0.5, 0.6) is 11.5 Å². The Morgan fingerprint density at radius 2 is 1.70 bits per heavy atom. The van der Waals surface area contributed by atoms with Gasteiger partial charge in [-0.25, -0.2) is 8.42 Å². The molecule has 7 nitrogen and oxygen atoms in total. The molecule has 0 radical (unpaired) electrons. The van der Waals surface area contributed by atoms with E-state index < -0.39 is 22.0 Å². The molecule has 0 saturated carbocycles. The first-order valence-corrected chi connectivity index (χ1v) is 10.1. The number of ether oxygens (including phenoxy) is 2. The number of likely N-dealkylation sites (N-methyl/N-ethyl adjacent to an activating group) is 1. The number of hydrogen-bond acceptors (Lipinski definition) is 5. The maximum Gasteiger partial charge on any atom is 0.247 e. The van der Waals surface area contributed by atoms with E-state index in [1.54, 1.807) is 30.3 Å². The number of carbonyl (C=O) groups excluding carboxylic acids is 1. The van der Waals surface area contributed by atoms with E-state index in [9.17, 15) is 13.2 Å². The Balaban J connectivity index is 2.45. The van der Waals surface area contributed by atoms with Crippen molar-refractivity contribution in [2.24, 2.45) is 0 Å². The monoisotopic (exact) mass is 412 g/mol. The summed E-state index contributed by atoms with van der Waals surface area (Å²) in [6, 6.07) is 10.6. The topological polar surface area (TPSA) is 84.9 Å². The number of amides is 1. The quantitative estimate of drug-likeness (QED) is 0.755. The Kier molecular flexibility index (Phi) is 6.69. The van der Waals surface area contributed by atoms with Crippen LogP contribution in [0.25, 0.3) is 0 Å². The number of carbonyl (C=O) groups is 1. The van der Waals surface area contributed by atoms with Gasteiger partial charge in [-0.3, -0.25) is 4.79 Å². The minimum atomic E-state index is -3.63. The Bertz CT molecular complexity index is 919. The molecule has 2 aromatic rings. The highest BCUT2D eigenvalue weighted by molar-refractivity contribution is 7.88. The normalized spacial score (nSPS) is 12.5. The highest BCUT2D eigenvalue weighted by Gasteiger charge is 2.31. The summed E-state index contributed by atoms with van der Waals surface area (Å²) in [5.74, 6) is 0.125. The molecule has 1 atom stereocenters. The molecule has 2 rings (SSSR count). The Morgan fingerprint density at radius 3 is 2.22 bits per heavy atom. The maximum atomic E-state index is 13.0. The average molecular weight is 413 g/mol. The third-order valence-corrected chi connectivity index (χ3v) is 5.53. The van der Waals surface area contributed by atoms with Gasteiger partial charge in [0.15, 0.2) is 0 Å². The molecule has 0 fully saturated rings. The standard InChI is InChI=1S/C18H21ClN2O5S/c1-21(27(4,23)24)17(12-8-6-5-7-9-12)18(22)20-14-11-15(25-2)13(19)10-16(14)26-3/h5-11,17H,1-4H3,(H,20,22)/t17-/m1/s1. The van der Waals surface area contributed by atoms with Gasteiger partial charge in [-0.1, -0.05) is 41.9 Å². The van der Waals surface area contributed by atoms with E-state index in [1.165, 1.54) is 33.4 Å². The summed E-state index contributed by atoms with van der Waals surface area (Å²) < 4.78 is 35.5. The van der Waals surface area contributed by atoms with E-state index in [1.807, 2.05) is 0 Å². The summed E-state index contributed by atoms with van der Waals surface area (Å²) in [5, 5.41) is 3.03. The lowest BCUT2D eigenvalue weighted by atomic mass is 10.1. The number of anilines is 1. The fraction of sp³-hybridized carbons (Fsp3) is 0.278. The van der Waals surface area contributed by atoms with Gasteiger partial charge >= 0.3 is 0 Å². The van der Waals surface area contributed by atoms with Gasteiger partial charge in [-0.15, -0.1) is 0 Å². The molecule has 1 amide bonds. The number of nitrogens with zero attached hydrogens (tertiary/aromatic N) is 1. The molecule has 27 heavy (non-hydrogen) atoms. The van der Waals surface area contributed by atoms with E-state index in [4.69, 9.17) is 21.1 Å². The smallest absolute Gasteiger partial charge is 0.247 e. The van der Waals surface area contributed by atoms with E-state index in [0.29, 0.717) is 27.8 Å². The number of halogens is 1. The van der Waals surface area contributed by atoms with Crippen LogP contribution in [0, 0.1) is 0 Å². The summed E-state index contributed by atoms with van der Waals surface area (Å²) >= 11 is 6.08. The fourth-order valence-electron chi connectivity index (χ4n) is 2.51. The molecule has 1 N–H and O–H groups in total. The predicted molar refractivity (Wildman–Crippen MR) is 105 cm³/mol. The van der Waals surface area contributed by atoms with Gasteiger partial charge < -0.3 is 14.8 Å².